The van der Waals surface area contributed by atoms with E-state index < -0.39 is 29.1 Å². The quantitative estimate of drug-likeness (QED) is 0.837. The molecule has 7 heteroatoms. The highest BCUT2D eigenvalue weighted by Gasteiger charge is 2.30. The minimum atomic E-state index is -4.47. The lowest BCUT2D eigenvalue weighted by Crippen LogP contribution is -2.38. The van der Waals surface area contributed by atoms with Crippen LogP contribution in [-0.2, 0) is 11.8 Å². The summed E-state index contributed by atoms with van der Waals surface area (Å²) in [5.41, 5.74) is -1.86. The summed E-state index contributed by atoms with van der Waals surface area (Å²) in [5.74, 6) is -1.07. The fourth-order valence-electron chi connectivity index (χ4n) is 2.08. The highest BCUT2D eigenvalue weighted by molar-refractivity contribution is 5.94. The molecule has 128 valence electrons. The van der Waals surface area contributed by atoms with Crippen molar-refractivity contribution in [1.29, 1.82) is 0 Å². The monoisotopic (exact) mass is 341 g/mol. The third-order valence-electron chi connectivity index (χ3n) is 3.53. The highest BCUT2D eigenvalue weighted by atomic mass is 19.4. The zero-order valence-electron chi connectivity index (χ0n) is 12.7. The smallest absolute Gasteiger partial charge is 0.384 e. The van der Waals surface area contributed by atoms with Crippen molar-refractivity contribution in [3.05, 3.63) is 71.0 Å². The molecule has 1 atom stereocenters. The van der Waals surface area contributed by atoms with E-state index in [9.17, 15) is 27.5 Å². The van der Waals surface area contributed by atoms with Gasteiger partial charge in [-0.3, -0.25) is 4.79 Å². The number of aliphatic hydroxyl groups is 1. The van der Waals surface area contributed by atoms with Crippen molar-refractivity contribution in [2.75, 3.05) is 6.54 Å². The van der Waals surface area contributed by atoms with Crippen molar-refractivity contribution >= 4 is 5.91 Å². The topological polar surface area (TPSA) is 49.3 Å². The Labute approximate surface area is 135 Å². The Hall–Kier alpha value is -2.41. The largest absolute Gasteiger partial charge is 0.416 e. The van der Waals surface area contributed by atoms with Crippen LogP contribution in [0.15, 0.2) is 48.5 Å². The third kappa shape index (κ3) is 4.32. The lowest BCUT2D eigenvalue weighted by atomic mass is 9.96. The van der Waals surface area contributed by atoms with Crippen molar-refractivity contribution < 1.29 is 27.5 Å². The van der Waals surface area contributed by atoms with E-state index in [1.165, 1.54) is 31.2 Å². The van der Waals surface area contributed by atoms with E-state index >= 15 is 0 Å². The summed E-state index contributed by atoms with van der Waals surface area (Å²) in [5, 5.41) is 12.8. The molecule has 0 heterocycles. The second-order valence-corrected chi connectivity index (χ2v) is 5.54. The molecule has 0 aliphatic rings. The van der Waals surface area contributed by atoms with E-state index in [0.717, 1.165) is 24.3 Å². The van der Waals surface area contributed by atoms with Crippen LogP contribution < -0.4 is 5.32 Å². The van der Waals surface area contributed by atoms with Crippen molar-refractivity contribution in [3.8, 4) is 0 Å². The molecule has 2 aromatic carbocycles. The van der Waals surface area contributed by atoms with Gasteiger partial charge in [0.2, 0.25) is 0 Å². The van der Waals surface area contributed by atoms with E-state index in [4.69, 9.17) is 0 Å². The summed E-state index contributed by atoms with van der Waals surface area (Å²) >= 11 is 0. The van der Waals surface area contributed by atoms with Crippen molar-refractivity contribution in [2.45, 2.75) is 18.7 Å². The molecular weight excluding hydrogens is 326 g/mol. The summed E-state index contributed by atoms with van der Waals surface area (Å²) in [6.07, 6.45) is -4.47. The minimum absolute atomic E-state index is 0.0397. The predicted octanol–water partition coefficient (Wildman–Crippen LogP) is 3.48. The number of carbonyl (C=O) groups is 1. The molecule has 0 saturated carbocycles. The predicted molar refractivity (Wildman–Crippen MR) is 79.7 cm³/mol. The number of halogens is 4. The lowest BCUT2D eigenvalue weighted by molar-refractivity contribution is -0.137. The van der Waals surface area contributed by atoms with Crippen molar-refractivity contribution in [2.24, 2.45) is 0 Å². The fraction of sp³-hybridized carbons (Fsp3) is 0.235. The summed E-state index contributed by atoms with van der Waals surface area (Å²) in [6, 6.07) is 8.89. The minimum Gasteiger partial charge on any atom is -0.384 e. The summed E-state index contributed by atoms with van der Waals surface area (Å²) in [4.78, 5) is 12.0. The van der Waals surface area contributed by atoms with E-state index in [2.05, 4.69) is 5.32 Å². The third-order valence-corrected chi connectivity index (χ3v) is 3.53. The standard InChI is InChI=1S/C17H15F4NO2/c1-16(24,12-6-8-14(18)9-7-12)10-22-15(23)11-2-4-13(5-3-11)17(19,20)21/h2-9,24H,10H2,1H3,(H,22,23). The number of rotatable bonds is 4. The van der Waals surface area contributed by atoms with Gasteiger partial charge in [-0.1, -0.05) is 12.1 Å². The molecule has 24 heavy (non-hydrogen) atoms. The molecule has 1 unspecified atom stereocenters. The van der Waals surface area contributed by atoms with Crippen LogP contribution in [0.1, 0.15) is 28.4 Å². The van der Waals surface area contributed by atoms with Crippen LogP contribution in [-0.4, -0.2) is 17.6 Å². The second-order valence-electron chi connectivity index (χ2n) is 5.54. The van der Waals surface area contributed by atoms with E-state index in [1.807, 2.05) is 0 Å². The van der Waals surface area contributed by atoms with Gasteiger partial charge in [0.05, 0.1) is 12.1 Å². The van der Waals surface area contributed by atoms with Gasteiger partial charge in [-0.2, -0.15) is 13.2 Å². The lowest BCUT2D eigenvalue weighted by Gasteiger charge is -2.24. The number of hydrogen-bond donors (Lipinski definition) is 2. The molecule has 1 amide bonds. The Morgan fingerprint density at radius 2 is 1.50 bits per heavy atom. The van der Waals surface area contributed by atoms with Gasteiger partial charge in [0.25, 0.3) is 5.91 Å². The molecule has 0 aromatic heterocycles. The molecule has 0 radical (unpaired) electrons. The van der Waals surface area contributed by atoms with Crippen LogP contribution in [0.3, 0.4) is 0 Å². The molecule has 0 aliphatic heterocycles. The zero-order valence-corrected chi connectivity index (χ0v) is 12.7. The Balaban J connectivity index is 2.03. The van der Waals surface area contributed by atoms with Crippen LogP contribution in [0.25, 0.3) is 0 Å². The first-order chi connectivity index (χ1) is 11.1. The van der Waals surface area contributed by atoms with Crippen LogP contribution in [0.4, 0.5) is 17.6 Å². The maximum atomic E-state index is 12.9. The van der Waals surface area contributed by atoms with Gasteiger partial charge in [-0.05, 0) is 48.9 Å². The Kier molecular flexibility index (Phi) is 4.94. The molecule has 0 spiro atoms. The Morgan fingerprint density at radius 1 is 1.00 bits per heavy atom. The van der Waals surface area contributed by atoms with Gasteiger partial charge in [0, 0.05) is 5.56 Å². The first-order valence-electron chi connectivity index (χ1n) is 7.03. The van der Waals surface area contributed by atoms with Gasteiger partial charge in [0.1, 0.15) is 11.4 Å². The maximum absolute atomic E-state index is 12.9. The van der Waals surface area contributed by atoms with E-state index in [1.54, 1.807) is 0 Å². The Morgan fingerprint density at radius 3 is 2.00 bits per heavy atom. The number of alkyl halides is 3. The summed E-state index contributed by atoms with van der Waals surface area (Å²) in [6.45, 7) is 1.26. The molecule has 0 fully saturated rings. The van der Waals surface area contributed by atoms with Crippen LogP contribution in [0.2, 0.25) is 0 Å². The number of nitrogens with one attached hydrogen (secondary N) is 1. The molecule has 2 aromatic rings. The average Bonchev–Trinajstić information content (AvgIpc) is 2.52. The Bertz CT molecular complexity index is 707. The van der Waals surface area contributed by atoms with Crippen molar-refractivity contribution in [1.82, 2.24) is 5.32 Å². The number of hydrogen-bond acceptors (Lipinski definition) is 2. The molecule has 3 nitrogen and oxygen atoms in total. The van der Waals surface area contributed by atoms with E-state index in [0.29, 0.717) is 5.56 Å². The fourth-order valence-corrected chi connectivity index (χ4v) is 2.08. The number of benzene rings is 2. The van der Waals surface area contributed by atoms with Gasteiger partial charge >= 0.3 is 6.18 Å². The highest BCUT2D eigenvalue weighted by Crippen LogP contribution is 2.29. The zero-order chi connectivity index (χ0) is 18.0. The van der Waals surface area contributed by atoms with Crippen LogP contribution in [0, 0.1) is 5.82 Å². The number of amides is 1. The van der Waals surface area contributed by atoms with Gasteiger partial charge in [0.15, 0.2) is 0 Å². The molecule has 0 aliphatic carbocycles. The molecule has 2 rings (SSSR count). The first kappa shape index (κ1) is 17.9. The van der Waals surface area contributed by atoms with Gasteiger partial charge in [-0.15, -0.1) is 0 Å². The number of carbonyl (C=O) groups excluding carboxylic acids is 1. The van der Waals surface area contributed by atoms with Crippen LogP contribution in [0.5, 0.6) is 0 Å². The summed E-state index contributed by atoms with van der Waals surface area (Å²) in [7, 11) is 0. The molecular formula is C17H15F4NO2. The van der Waals surface area contributed by atoms with Gasteiger partial charge < -0.3 is 10.4 Å². The molecule has 0 saturated heterocycles. The second kappa shape index (κ2) is 6.60. The average molecular weight is 341 g/mol. The maximum Gasteiger partial charge on any atom is 0.416 e. The van der Waals surface area contributed by atoms with Crippen molar-refractivity contribution in [3.63, 3.8) is 0 Å². The van der Waals surface area contributed by atoms with Crippen LogP contribution >= 0.6 is 0 Å². The molecule has 2 N–H and O–H groups in total. The summed E-state index contributed by atoms with van der Waals surface area (Å²) < 4.78 is 50.3. The van der Waals surface area contributed by atoms with Gasteiger partial charge in [-0.25, -0.2) is 4.39 Å². The SMILES string of the molecule is CC(O)(CNC(=O)c1ccc(C(F)(F)F)cc1)c1ccc(F)cc1. The normalized spacial score (nSPS) is 14.1. The van der Waals surface area contributed by atoms with E-state index in [-0.39, 0.29) is 12.1 Å². The molecule has 0 bridgehead atoms. The first-order valence-corrected chi connectivity index (χ1v) is 7.03.